The van der Waals surface area contributed by atoms with Crippen LogP contribution in [0.5, 0.6) is 0 Å². The average Bonchev–Trinajstić information content (AvgIpc) is 3.83. The molecule has 0 aliphatic carbocycles. The van der Waals surface area contributed by atoms with Crippen LogP contribution in [0.1, 0.15) is 16.7 Å². The molecule has 8 aromatic carbocycles. The highest BCUT2D eigenvalue weighted by molar-refractivity contribution is 6.16. The lowest BCUT2D eigenvalue weighted by Gasteiger charge is -2.14. The molecular formula is C52H36N4O. The van der Waals surface area contributed by atoms with Crippen molar-refractivity contribution in [2.45, 2.75) is 6.54 Å². The van der Waals surface area contributed by atoms with Crippen LogP contribution in [-0.2, 0) is 6.54 Å². The standard InChI is InChI=1S/C52H36N4O/c1-53-52(55-51(36-18-6-3-7-19-36)54-34-35-16-4-2-5-17-35)44-24-9-8-22-40(44)37-20-14-21-39(32-37)56-46-27-12-10-23-42(46)43-31-30-38(33-47(43)56)41-26-15-29-49-50(41)45-25-11-13-28-48(45)57-49/h2-33H,1,34H2. The first-order valence-electron chi connectivity index (χ1n) is 19.1. The van der Waals surface area contributed by atoms with Crippen molar-refractivity contribution >= 4 is 62.1 Å². The van der Waals surface area contributed by atoms with E-state index in [1.165, 1.54) is 10.8 Å². The van der Waals surface area contributed by atoms with Crippen molar-refractivity contribution in [1.29, 1.82) is 0 Å². The maximum Gasteiger partial charge on any atom is 0.161 e. The van der Waals surface area contributed by atoms with E-state index in [0.29, 0.717) is 18.2 Å². The number of nitrogens with zero attached hydrogens (tertiary/aromatic N) is 4. The van der Waals surface area contributed by atoms with E-state index in [4.69, 9.17) is 14.4 Å². The molecule has 10 aromatic rings. The molecule has 270 valence electrons. The summed E-state index contributed by atoms with van der Waals surface area (Å²) in [7, 11) is 0. The van der Waals surface area contributed by atoms with Gasteiger partial charge in [0.05, 0.1) is 17.6 Å². The second kappa shape index (κ2) is 14.5. The Kier molecular flexibility index (Phi) is 8.65. The maximum atomic E-state index is 6.28. The predicted octanol–water partition coefficient (Wildman–Crippen LogP) is 13.1. The van der Waals surface area contributed by atoms with E-state index < -0.39 is 0 Å². The second-order valence-electron chi connectivity index (χ2n) is 14.0. The quantitative estimate of drug-likeness (QED) is 0.119. The van der Waals surface area contributed by atoms with Crippen LogP contribution < -0.4 is 0 Å². The molecule has 0 spiro atoms. The minimum atomic E-state index is 0.497. The lowest BCUT2D eigenvalue weighted by atomic mass is 9.98. The van der Waals surface area contributed by atoms with Crippen molar-refractivity contribution < 1.29 is 4.42 Å². The second-order valence-corrected chi connectivity index (χ2v) is 14.0. The Labute approximate surface area is 330 Å². The van der Waals surface area contributed by atoms with Gasteiger partial charge in [0, 0.05) is 38.4 Å². The Morgan fingerprint density at radius 3 is 2.04 bits per heavy atom. The summed E-state index contributed by atoms with van der Waals surface area (Å²) in [5.41, 5.74) is 12.3. The first-order valence-corrected chi connectivity index (χ1v) is 19.1. The number of para-hydroxylation sites is 2. The Morgan fingerprint density at radius 1 is 0.509 bits per heavy atom. The zero-order chi connectivity index (χ0) is 38.1. The van der Waals surface area contributed by atoms with E-state index >= 15 is 0 Å². The number of benzene rings is 8. The lowest BCUT2D eigenvalue weighted by molar-refractivity contribution is 0.669. The topological polar surface area (TPSA) is 55.1 Å². The van der Waals surface area contributed by atoms with E-state index in [1.54, 1.807) is 0 Å². The molecule has 0 fully saturated rings. The van der Waals surface area contributed by atoms with E-state index in [-0.39, 0.29) is 0 Å². The Morgan fingerprint density at radius 2 is 1.18 bits per heavy atom. The van der Waals surface area contributed by atoms with Crippen molar-refractivity contribution in [3.63, 3.8) is 0 Å². The fourth-order valence-corrected chi connectivity index (χ4v) is 7.98. The molecule has 57 heavy (non-hydrogen) atoms. The zero-order valence-electron chi connectivity index (χ0n) is 31.1. The molecule has 0 bridgehead atoms. The largest absolute Gasteiger partial charge is 0.456 e. The Bertz CT molecular complexity index is 3170. The minimum Gasteiger partial charge on any atom is -0.456 e. The van der Waals surface area contributed by atoms with Gasteiger partial charge in [-0.3, -0.25) is 4.99 Å². The third kappa shape index (κ3) is 6.21. The number of aromatic nitrogens is 1. The van der Waals surface area contributed by atoms with Gasteiger partial charge >= 0.3 is 0 Å². The van der Waals surface area contributed by atoms with Crippen LogP contribution in [0, 0.1) is 0 Å². The molecule has 0 aliphatic heterocycles. The van der Waals surface area contributed by atoms with Crippen LogP contribution >= 0.6 is 0 Å². The van der Waals surface area contributed by atoms with E-state index in [1.807, 2.05) is 66.7 Å². The van der Waals surface area contributed by atoms with Gasteiger partial charge < -0.3 is 8.98 Å². The highest BCUT2D eigenvalue weighted by Crippen LogP contribution is 2.40. The van der Waals surface area contributed by atoms with Crippen molar-refractivity contribution in [2.24, 2.45) is 15.0 Å². The summed E-state index contributed by atoms with van der Waals surface area (Å²) >= 11 is 0. The minimum absolute atomic E-state index is 0.497. The van der Waals surface area contributed by atoms with E-state index in [0.717, 1.165) is 77.6 Å². The fraction of sp³-hybridized carbons (Fsp3) is 0.0192. The number of furan rings is 1. The number of hydrogen-bond donors (Lipinski definition) is 0. The number of rotatable bonds is 7. The molecule has 5 heteroatoms. The summed E-state index contributed by atoms with van der Waals surface area (Å²) in [6.07, 6.45) is 0. The van der Waals surface area contributed by atoms with Crippen LogP contribution in [0.25, 0.3) is 71.7 Å². The van der Waals surface area contributed by atoms with Gasteiger partial charge in [0.15, 0.2) is 11.7 Å². The Hall–Kier alpha value is -7.63. The first-order chi connectivity index (χ1) is 28.2. The molecule has 0 amide bonds. The lowest BCUT2D eigenvalue weighted by Crippen LogP contribution is -2.07. The number of amidine groups is 2. The summed E-state index contributed by atoms with van der Waals surface area (Å²) in [4.78, 5) is 14.6. The number of hydrogen-bond acceptors (Lipinski definition) is 2. The molecule has 0 saturated carbocycles. The molecule has 0 aliphatic rings. The number of fused-ring (bicyclic) bond motifs is 6. The van der Waals surface area contributed by atoms with Gasteiger partial charge in [-0.2, -0.15) is 0 Å². The SMILES string of the molecule is C=NC(=NC(=NCc1ccccc1)c1ccccc1)c1ccccc1-c1cccc(-n2c3ccccc3c3ccc(-c4cccc5oc6ccccc6c45)cc32)c1. The molecule has 10 rings (SSSR count). The van der Waals surface area contributed by atoms with Crippen LogP contribution in [0.15, 0.2) is 214 Å². The molecular weight excluding hydrogens is 697 g/mol. The van der Waals surface area contributed by atoms with Gasteiger partial charge in [0.1, 0.15) is 11.2 Å². The zero-order valence-corrected chi connectivity index (χ0v) is 31.1. The third-order valence-corrected chi connectivity index (χ3v) is 10.6. The van der Waals surface area contributed by atoms with Crippen LogP contribution in [0.4, 0.5) is 0 Å². The highest BCUT2D eigenvalue weighted by atomic mass is 16.3. The summed E-state index contributed by atoms with van der Waals surface area (Å²) in [6.45, 7) is 4.48. The summed E-state index contributed by atoms with van der Waals surface area (Å²) in [5.74, 6) is 1.11. The fourth-order valence-electron chi connectivity index (χ4n) is 7.98. The molecule has 2 heterocycles. The molecule has 0 N–H and O–H groups in total. The van der Waals surface area contributed by atoms with E-state index in [9.17, 15) is 0 Å². The summed E-state index contributed by atoms with van der Waals surface area (Å²) in [6, 6.07) is 67.3. The van der Waals surface area contributed by atoms with Crippen molar-refractivity contribution in [2.75, 3.05) is 0 Å². The van der Waals surface area contributed by atoms with Crippen molar-refractivity contribution in [3.8, 4) is 27.9 Å². The predicted molar refractivity (Wildman–Crippen MR) is 238 cm³/mol. The molecule has 5 nitrogen and oxygen atoms in total. The van der Waals surface area contributed by atoms with Gasteiger partial charge in [-0.25, -0.2) is 9.98 Å². The number of aliphatic imine (C=N–C) groups is 3. The molecule has 0 unspecified atom stereocenters. The van der Waals surface area contributed by atoms with Gasteiger partial charge in [0.2, 0.25) is 0 Å². The smallest absolute Gasteiger partial charge is 0.161 e. The monoisotopic (exact) mass is 732 g/mol. The van der Waals surface area contributed by atoms with Crippen molar-refractivity contribution in [1.82, 2.24) is 4.57 Å². The first kappa shape index (κ1) is 33.9. The van der Waals surface area contributed by atoms with Gasteiger partial charge in [-0.15, -0.1) is 0 Å². The molecule has 0 saturated heterocycles. The van der Waals surface area contributed by atoms with Crippen LogP contribution in [-0.4, -0.2) is 23.0 Å². The third-order valence-electron chi connectivity index (χ3n) is 10.6. The van der Waals surface area contributed by atoms with Gasteiger partial charge in [-0.1, -0.05) is 158 Å². The molecule has 0 radical (unpaired) electrons. The maximum absolute atomic E-state index is 6.28. The summed E-state index contributed by atoms with van der Waals surface area (Å²) in [5, 5.41) is 4.64. The highest BCUT2D eigenvalue weighted by Gasteiger charge is 2.18. The van der Waals surface area contributed by atoms with Gasteiger partial charge in [0.25, 0.3) is 0 Å². The average molecular weight is 733 g/mol. The Balaban J connectivity index is 1.11. The molecule has 2 aromatic heterocycles. The van der Waals surface area contributed by atoms with Crippen LogP contribution in [0.2, 0.25) is 0 Å². The van der Waals surface area contributed by atoms with Crippen LogP contribution in [0.3, 0.4) is 0 Å². The summed E-state index contributed by atoms with van der Waals surface area (Å²) < 4.78 is 8.65. The van der Waals surface area contributed by atoms with Crippen molar-refractivity contribution in [3.05, 3.63) is 211 Å². The normalized spacial score (nSPS) is 12.2. The molecule has 0 atom stereocenters. The van der Waals surface area contributed by atoms with Gasteiger partial charge in [-0.05, 0) is 70.9 Å². The van der Waals surface area contributed by atoms with E-state index in [2.05, 4.69) is 144 Å².